The Bertz CT molecular complexity index is 430. The molecule has 0 aliphatic heterocycles. The first-order valence-corrected chi connectivity index (χ1v) is 5.87. The number of hydrogen-bond donors (Lipinski definition) is 0. The molecule has 0 aromatic carbocycles. The van der Waals surface area contributed by atoms with E-state index in [4.69, 9.17) is 11.6 Å². The largest absolute Gasteiger partial charge is 0.296 e. The molecule has 0 radical (unpaired) electrons. The lowest BCUT2D eigenvalue weighted by Crippen LogP contribution is -2.44. The first-order chi connectivity index (χ1) is 7.40. The Morgan fingerprint density at radius 1 is 1.50 bits per heavy atom. The minimum Gasteiger partial charge on any atom is -0.293 e. The molecule has 0 fully saturated rings. The number of rotatable bonds is 3. The third kappa shape index (κ3) is 2.24. The van der Waals surface area contributed by atoms with Gasteiger partial charge in [0, 0.05) is 20.3 Å². The smallest absolute Gasteiger partial charge is 0.293 e. The predicted octanol–water partition coefficient (Wildman–Crippen LogP) is 2.81. The van der Waals surface area contributed by atoms with Gasteiger partial charge in [0.05, 0.1) is 0 Å². The molecule has 0 aliphatic rings. The van der Waals surface area contributed by atoms with Crippen molar-refractivity contribution < 1.29 is 9.36 Å². The van der Waals surface area contributed by atoms with Crippen LogP contribution in [0.4, 0.5) is 0 Å². The Morgan fingerprint density at radius 3 is 2.50 bits per heavy atom. The molecule has 0 bridgehead atoms. The minimum atomic E-state index is -0.0191. The van der Waals surface area contributed by atoms with Crippen molar-refractivity contribution in [1.82, 2.24) is 4.98 Å². The van der Waals surface area contributed by atoms with E-state index < -0.39 is 0 Å². The van der Waals surface area contributed by atoms with Crippen molar-refractivity contribution >= 4 is 17.4 Å². The van der Waals surface area contributed by atoms with E-state index in [-0.39, 0.29) is 11.8 Å². The summed E-state index contributed by atoms with van der Waals surface area (Å²) in [5.41, 5.74) is 2.07. The monoisotopic (exact) mass is 241 g/mol. The molecule has 0 saturated carbocycles. The van der Waals surface area contributed by atoms with E-state index in [1.54, 1.807) is 0 Å². The highest BCUT2D eigenvalue weighted by Gasteiger charge is 2.26. The summed E-state index contributed by atoms with van der Waals surface area (Å²) in [6.07, 6.45) is 0.964. The second-order valence-corrected chi connectivity index (χ2v) is 4.46. The van der Waals surface area contributed by atoms with Crippen molar-refractivity contribution in [2.45, 2.75) is 47.1 Å². The molecule has 1 unspecified atom stereocenters. The number of carbonyl (C=O) groups excluding carboxylic acids is 1. The Balaban J connectivity index is 3.51. The van der Waals surface area contributed by atoms with Crippen LogP contribution in [0.3, 0.4) is 0 Å². The van der Waals surface area contributed by atoms with Crippen molar-refractivity contribution in [1.29, 1.82) is 0 Å². The van der Waals surface area contributed by atoms with E-state index >= 15 is 0 Å². The van der Waals surface area contributed by atoms with Crippen LogP contribution in [0.25, 0.3) is 0 Å². The van der Waals surface area contributed by atoms with Gasteiger partial charge < -0.3 is 0 Å². The average Bonchev–Trinajstić information content (AvgIpc) is 2.22. The van der Waals surface area contributed by atoms with Crippen molar-refractivity contribution in [3.63, 3.8) is 0 Å². The summed E-state index contributed by atoms with van der Waals surface area (Å²) in [5.74, 6) is -0.0191. The number of aromatic nitrogens is 2. The number of Topliss-reactive ketones (excluding diaryl/α,β-unsaturated/α-hetero) is 1. The molecule has 16 heavy (non-hydrogen) atoms. The van der Waals surface area contributed by atoms with Crippen LogP contribution < -0.4 is 4.57 Å². The van der Waals surface area contributed by atoms with Crippen molar-refractivity contribution in [3.05, 3.63) is 22.2 Å². The van der Waals surface area contributed by atoms with E-state index in [1.165, 1.54) is 6.92 Å². The SMILES string of the molecule is CCC(C)[n+]1c(C)c(C(C)=O)nc(C)c1Cl. The highest BCUT2D eigenvalue weighted by atomic mass is 35.5. The summed E-state index contributed by atoms with van der Waals surface area (Å²) in [6.45, 7) is 9.43. The Kier molecular flexibility index (Phi) is 4.03. The highest BCUT2D eigenvalue weighted by Crippen LogP contribution is 2.16. The van der Waals surface area contributed by atoms with Gasteiger partial charge in [-0.25, -0.2) is 4.98 Å². The maximum absolute atomic E-state index is 11.5. The molecule has 3 nitrogen and oxygen atoms in total. The van der Waals surface area contributed by atoms with Crippen LogP contribution in [0.15, 0.2) is 0 Å². The van der Waals surface area contributed by atoms with E-state index in [0.717, 1.165) is 12.1 Å². The Hall–Kier alpha value is -0.960. The molecular formula is C12H18ClN2O+. The van der Waals surface area contributed by atoms with Gasteiger partial charge in [-0.2, -0.15) is 4.57 Å². The Morgan fingerprint density at radius 2 is 2.06 bits per heavy atom. The van der Waals surface area contributed by atoms with Gasteiger partial charge in [-0.3, -0.25) is 4.79 Å². The van der Waals surface area contributed by atoms with Gasteiger partial charge in [0.25, 0.3) is 5.15 Å². The zero-order valence-corrected chi connectivity index (χ0v) is 11.2. The summed E-state index contributed by atoms with van der Waals surface area (Å²) >= 11 is 6.24. The quantitative estimate of drug-likeness (QED) is 0.602. The third-order valence-corrected chi connectivity index (χ3v) is 3.31. The first kappa shape index (κ1) is 13.1. The van der Waals surface area contributed by atoms with Crippen LogP contribution in [-0.4, -0.2) is 10.8 Å². The number of halogens is 1. The molecule has 0 N–H and O–H groups in total. The molecule has 1 rings (SSSR count). The fourth-order valence-corrected chi connectivity index (χ4v) is 2.11. The number of ketones is 1. The molecule has 0 amide bonds. The number of carbonyl (C=O) groups is 1. The van der Waals surface area contributed by atoms with Gasteiger partial charge in [0.1, 0.15) is 5.69 Å². The van der Waals surface area contributed by atoms with Gasteiger partial charge in [-0.15, -0.1) is 0 Å². The van der Waals surface area contributed by atoms with Gasteiger partial charge in [0.15, 0.2) is 17.5 Å². The first-order valence-electron chi connectivity index (χ1n) is 5.49. The molecule has 0 spiro atoms. The van der Waals surface area contributed by atoms with Gasteiger partial charge in [0.2, 0.25) is 5.69 Å². The van der Waals surface area contributed by atoms with E-state index in [1.807, 2.05) is 18.4 Å². The molecule has 88 valence electrons. The van der Waals surface area contributed by atoms with Crippen LogP contribution in [0, 0.1) is 13.8 Å². The standard InChI is InChI=1S/C12H18ClN2O/c1-6-7(2)15-9(4)11(10(5)16)14-8(3)12(15)13/h7H,6H2,1-5H3/q+1. The molecule has 0 saturated heterocycles. The predicted molar refractivity (Wildman–Crippen MR) is 63.9 cm³/mol. The second kappa shape index (κ2) is 4.91. The lowest BCUT2D eigenvalue weighted by molar-refractivity contribution is -0.724. The van der Waals surface area contributed by atoms with Crippen molar-refractivity contribution in [2.75, 3.05) is 0 Å². The summed E-state index contributed by atoms with van der Waals surface area (Å²) in [7, 11) is 0. The van der Waals surface area contributed by atoms with Gasteiger partial charge in [-0.05, 0) is 25.4 Å². The van der Waals surface area contributed by atoms with Gasteiger partial charge in [-0.1, -0.05) is 6.92 Å². The van der Waals surface area contributed by atoms with E-state index in [9.17, 15) is 4.79 Å². The average molecular weight is 242 g/mol. The van der Waals surface area contributed by atoms with Crippen molar-refractivity contribution in [3.8, 4) is 0 Å². The molecule has 4 heteroatoms. The minimum absolute atomic E-state index is 0.0191. The zero-order valence-electron chi connectivity index (χ0n) is 10.5. The second-order valence-electron chi connectivity index (χ2n) is 4.11. The molecule has 0 aliphatic carbocycles. The summed E-state index contributed by atoms with van der Waals surface area (Å²) in [6, 6.07) is 0.271. The molecule has 1 atom stereocenters. The van der Waals surface area contributed by atoms with Crippen LogP contribution in [0.2, 0.25) is 5.15 Å². The van der Waals surface area contributed by atoms with E-state index in [2.05, 4.69) is 18.8 Å². The maximum atomic E-state index is 11.5. The van der Waals surface area contributed by atoms with Crippen LogP contribution in [-0.2, 0) is 0 Å². The van der Waals surface area contributed by atoms with Crippen molar-refractivity contribution in [2.24, 2.45) is 0 Å². The normalized spacial score (nSPS) is 12.6. The molecule has 1 aromatic heterocycles. The fourth-order valence-electron chi connectivity index (χ4n) is 1.77. The van der Waals surface area contributed by atoms with E-state index in [0.29, 0.717) is 16.5 Å². The summed E-state index contributed by atoms with van der Waals surface area (Å²) in [5, 5.41) is 0.622. The van der Waals surface area contributed by atoms with Crippen LogP contribution >= 0.6 is 11.6 Å². The Labute approximate surface area is 101 Å². The van der Waals surface area contributed by atoms with Crippen LogP contribution in [0.5, 0.6) is 0 Å². The zero-order chi connectivity index (χ0) is 12.5. The summed E-state index contributed by atoms with van der Waals surface area (Å²) in [4.78, 5) is 15.7. The van der Waals surface area contributed by atoms with Crippen LogP contribution in [0.1, 0.15) is 55.1 Å². The third-order valence-electron chi connectivity index (χ3n) is 2.86. The lowest BCUT2D eigenvalue weighted by Gasteiger charge is -2.11. The number of aryl methyl sites for hydroxylation is 1. The molecular weight excluding hydrogens is 224 g/mol. The number of hydrogen-bond acceptors (Lipinski definition) is 2. The maximum Gasteiger partial charge on any atom is 0.296 e. The lowest BCUT2D eigenvalue weighted by atomic mass is 10.2. The highest BCUT2D eigenvalue weighted by molar-refractivity contribution is 6.29. The molecule has 1 heterocycles. The fraction of sp³-hybridized carbons (Fsp3) is 0.583. The van der Waals surface area contributed by atoms with Gasteiger partial charge >= 0.3 is 0 Å². The number of nitrogens with zero attached hydrogens (tertiary/aromatic N) is 2. The topological polar surface area (TPSA) is 33.8 Å². The summed E-state index contributed by atoms with van der Waals surface area (Å²) < 4.78 is 1.99. The molecule has 1 aromatic rings.